The summed E-state index contributed by atoms with van der Waals surface area (Å²) < 4.78 is 0. The van der Waals surface area contributed by atoms with Crippen molar-refractivity contribution in [3.8, 4) is 0 Å². The van der Waals surface area contributed by atoms with E-state index in [9.17, 15) is 0 Å². The number of anilines is 1. The van der Waals surface area contributed by atoms with Crippen LogP contribution in [-0.2, 0) is 6.42 Å². The first kappa shape index (κ1) is 11.3. The maximum absolute atomic E-state index is 4.59. The molecule has 0 amide bonds. The number of hydrogen-bond acceptors (Lipinski definition) is 4. The molecule has 88 valence electrons. The second kappa shape index (κ2) is 4.78. The van der Waals surface area contributed by atoms with Gasteiger partial charge in [-0.25, -0.2) is 9.97 Å². The summed E-state index contributed by atoms with van der Waals surface area (Å²) in [5.74, 6) is 2.02. The minimum Gasteiger partial charge on any atom is -0.354 e. The van der Waals surface area contributed by atoms with Gasteiger partial charge in [-0.15, -0.1) is 0 Å². The lowest BCUT2D eigenvalue weighted by molar-refractivity contribution is 0.582. The number of nitrogens with zero attached hydrogens (tertiary/aromatic N) is 3. The minimum atomic E-state index is 0.885. The van der Waals surface area contributed by atoms with Crippen LogP contribution in [-0.4, -0.2) is 36.1 Å². The third-order valence-corrected chi connectivity index (χ3v) is 3.08. The zero-order valence-electron chi connectivity index (χ0n) is 10.4. The fraction of sp³-hybridized carbons (Fsp3) is 0.667. The molecule has 2 rings (SSSR count). The van der Waals surface area contributed by atoms with Crippen molar-refractivity contribution in [1.29, 1.82) is 0 Å². The standard InChI is InChI=1S/C12H20N4/c1-4-11-9(2)12(15-10(3)14-11)16-7-5-13-6-8-16/h13H,4-8H2,1-3H3. The van der Waals surface area contributed by atoms with Crippen molar-refractivity contribution >= 4 is 5.82 Å². The molecular formula is C12H20N4. The first-order valence-corrected chi connectivity index (χ1v) is 6.02. The van der Waals surface area contributed by atoms with Crippen LogP contribution in [0, 0.1) is 13.8 Å². The Morgan fingerprint density at radius 3 is 2.50 bits per heavy atom. The molecule has 0 radical (unpaired) electrons. The molecule has 0 aliphatic carbocycles. The van der Waals surface area contributed by atoms with Gasteiger partial charge in [0.15, 0.2) is 0 Å². The highest BCUT2D eigenvalue weighted by molar-refractivity contribution is 5.49. The monoisotopic (exact) mass is 220 g/mol. The third kappa shape index (κ3) is 2.16. The normalized spacial score (nSPS) is 16.6. The predicted molar refractivity (Wildman–Crippen MR) is 66.0 cm³/mol. The summed E-state index contributed by atoms with van der Waals surface area (Å²) in [7, 11) is 0. The van der Waals surface area contributed by atoms with E-state index in [-0.39, 0.29) is 0 Å². The maximum atomic E-state index is 4.59. The van der Waals surface area contributed by atoms with Gasteiger partial charge in [0.1, 0.15) is 11.6 Å². The molecule has 1 saturated heterocycles. The van der Waals surface area contributed by atoms with Gasteiger partial charge in [0.25, 0.3) is 0 Å². The van der Waals surface area contributed by atoms with Crippen LogP contribution in [0.25, 0.3) is 0 Å². The minimum absolute atomic E-state index is 0.885. The van der Waals surface area contributed by atoms with Crippen LogP contribution in [0.3, 0.4) is 0 Å². The van der Waals surface area contributed by atoms with Gasteiger partial charge in [-0.1, -0.05) is 6.92 Å². The summed E-state index contributed by atoms with van der Waals surface area (Å²) >= 11 is 0. The highest BCUT2D eigenvalue weighted by Gasteiger charge is 2.16. The smallest absolute Gasteiger partial charge is 0.135 e. The van der Waals surface area contributed by atoms with E-state index < -0.39 is 0 Å². The van der Waals surface area contributed by atoms with Gasteiger partial charge in [0.2, 0.25) is 0 Å². The number of rotatable bonds is 2. The van der Waals surface area contributed by atoms with E-state index in [0.29, 0.717) is 0 Å². The van der Waals surface area contributed by atoms with Crippen LogP contribution in [0.1, 0.15) is 24.0 Å². The SMILES string of the molecule is CCc1nc(C)nc(N2CCNCC2)c1C. The van der Waals surface area contributed by atoms with Gasteiger partial charge >= 0.3 is 0 Å². The quantitative estimate of drug-likeness (QED) is 0.809. The molecule has 1 aliphatic rings. The number of nitrogens with one attached hydrogen (secondary N) is 1. The summed E-state index contributed by atoms with van der Waals surface area (Å²) in [5, 5.41) is 3.36. The summed E-state index contributed by atoms with van der Waals surface area (Å²) in [6.07, 6.45) is 0.980. The summed E-state index contributed by atoms with van der Waals surface area (Å²) in [5.41, 5.74) is 2.43. The largest absolute Gasteiger partial charge is 0.354 e. The third-order valence-electron chi connectivity index (χ3n) is 3.08. The number of aryl methyl sites for hydroxylation is 2. The molecule has 1 aromatic heterocycles. The highest BCUT2D eigenvalue weighted by atomic mass is 15.2. The topological polar surface area (TPSA) is 41.1 Å². The van der Waals surface area contributed by atoms with Crippen molar-refractivity contribution < 1.29 is 0 Å². The lowest BCUT2D eigenvalue weighted by atomic mass is 10.1. The zero-order valence-corrected chi connectivity index (χ0v) is 10.4. The Bertz CT molecular complexity index is 370. The molecular weight excluding hydrogens is 200 g/mol. The van der Waals surface area contributed by atoms with Gasteiger partial charge in [-0.3, -0.25) is 0 Å². The Balaban J connectivity index is 2.34. The Kier molecular flexibility index (Phi) is 3.39. The molecule has 0 atom stereocenters. The average molecular weight is 220 g/mol. The molecule has 2 heterocycles. The molecule has 1 aromatic rings. The van der Waals surface area contributed by atoms with Crippen LogP contribution in [0.5, 0.6) is 0 Å². The van der Waals surface area contributed by atoms with E-state index in [4.69, 9.17) is 0 Å². The maximum Gasteiger partial charge on any atom is 0.135 e. The lowest BCUT2D eigenvalue weighted by Gasteiger charge is -2.30. The second-order valence-corrected chi connectivity index (χ2v) is 4.26. The predicted octanol–water partition coefficient (Wildman–Crippen LogP) is 1.07. The van der Waals surface area contributed by atoms with E-state index >= 15 is 0 Å². The van der Waals surface area contributed by atoms with E-state index in [1.807, 2.05) is 6.92 Å². The Morgan fingerprint density at radius 1 is 1.19 bits per heavy atom. The van der Waals surface area contributed by atoms with Gasteiger partial charge in [0, 0.05) is 37.4 Å². The van der Waals surface area contributed by atoms with Crippen LogP contribution < -0.4 is 10.2 Å². The molecule has 16 heavy (non-hydrogen) atoms. The summed E-state index contributed by atoms with van der Waals surface area (Å²) in [6.45, 7) is 10.4. The highest BCUT2D eigenvalue weighted by Crippen LogP contribution is 2.20. The van der Waals surface area contributed by atoms with E-state index in [1.165, 1.54) is 11.3 Å². The molecule has 0 aromatic carbocycles. The fourth-order valence-corrected chi connectivity index (χ4v) is 2.20. The summed E-state index contributed by atoms with van der Waals surface area (Å²) in [4.78, 5) is 11.4. The van der Waals surface area contributed by atoms with Crippen LogP contribution in [0.2, 0.25) is 0 Å². The lowest BCUT2D eigenvalue weighted by Crippen LogP contribution is -2.44. The van der Waals surface area contributed by atoms with Crippen molar-refractivity contribution in [2.75, 3.05) is 31.1 Å². The van der Waals surface area contributed by atoms with E-state index in [1.54, 1.807) is 0 Å². The molecule has 0 saturated carbocycles. The Labute approximate surface area is 97.1 Å². The number of aromatic nitrogens is 2. The molecule has 4 heteroatoms. The zero-order chi connectivity index (χ0) is 11.5. The van der Waals surface area contributed by atoms with Crippen molar-refractivity contribution in [3.63, 3.8) is 0 Å². The van der Waals surface area contributed by atoms with Crippen molar-refractivity contribution in [1.82, 2.24) is 15.3 Å². The number of piperazine rings is 1. The fourth-order valence-electron chi connectivity index (χ4n) is 2.20. The first-order chi connectivity index (χ1) is 7.72. The van der Waals surface area contributed by atoms with Crippen LogP contribution in [0.15, 0.2) is 0 Å². The van der Waals surface area contributed by atoms with Gasteiger partial charge in [-0.05, 0) is 20.3 Å². The molecule has 1 aliphatic heterocycles. The molecule has 1 fully saturated rings. The average Bonchev–Trinajstić information content (AvgIpc) is 2.33. The van der Waals surface area contributed by atoms with E-state index in [0.717, 1.165) is 44.2 Å². The molecule has 0 bridgehead atoms. The molecule has 4 nitrogen and oxygen atoms in total. The van der Waals surface area contributed by atoms with Crippen molar-refractivity contribution in [2.45, 2.75) is 27.2 Å². The Hall–Kier alpha value is -1.16. The Morgan fingerprint density at radius 2 is 1.88 bits per heavy atom. The van der Waals surface area contributed by atoms with Crippen molar-refractivity contribution in [3.05, 3.63) is 17.1 Å². The van der Waals surface area contributed by atoms with Crippen LogP contribution >= 0.6 is 0 Å². The molecule has 1 N–H and O–H groups in total. The van der Waals surface area contributed by atoms with Gasteiger partial charge < -0.3 is 10.2 Å². The second-order valence-electron chi connectivity index (χ2n) is 4.26. The first-order valence-electron chi connectivity index (χ1n) is 6.02. The van der Waals surface area contributed by atoms with Gasteiger partial charge in [0.05, 0.1) is 0 Å². The summed E-state index contributed by atoms with van der Waals surface area (Å²) in [6, 6.07) is 0. The van der Waals surface area contributed by atoms with Gasteiger partial charge in [-0.2, -0.15) is 0 Å². The molecule has 0 unspecified atom stereocenters. The number of hydrogen-bond donors (Lipinski definition) is 1. The van der Waals surface area contributed by atoms with E-state index in [2.05, 4.69) is 34.0 Å². The van der Waals surface area contributed by atoms with Crippen LogP contribution in [0.4, 0.5) is 5.82 Å². The molecule has 0 spiro atoms. The van der Waals surface area contributed by atoms with Crippen molar-refractivity contribution in [2.24, 2.45) is 0 Å².